The van der Waals surface area contributed by atoms with Crippen molar-refractivity contribution in [2.45, 2.75) is 69.0 Å². The molecule has 1 atom stereocenters. The van der Waals surface area contributed by atoms with Crippen molar-refractivity contribution in [2.24, 2.45) is 0 Å². The van der Waals surface area contributed by atoms with Crippen LogP contribution in [0.4, 0.5) is 0 Å². The van der Waals surface area contributed by atoms with Gasteiger partial charge in [0.2, 0.25) is 10.0 Å². The summed E-state index contributed by atoms with van der Waals surface area (Å²) in [7, 11) is -3.53. The number of fused-ring (bicyclic) bond motifs is 1. The third-order valence-corrected chi connectivity index (χ3v) is 9.36. The van der Waals surface area contributed by atoms with Gasteiger partial charge in [-0.1, -0.05) is 49.4 Å². The Morgan fingerprint density at radius 1 is 1.15 bits per heavy atom. The van der Waals surface area contributed by atoms with Gasteiger partial charge in [-0.05, 0) is 56.0 Å². The summed E-state index contributed by atoms with van der Waals surface area (Å²) in [5, 5.41) is 0.901. The third-order valence-electron chi connectivity index (χ3n) is 6.29. The molecule has 8 heteroatoms. The first-order valence-electron chi connectivity index (χ1n) is 11.6. The Morgan fingerprint density at radius 3 is 2.61 bits per heavy atom. The van der Waals surface area contributed by atoms with E-state index in [1.807, 2.05) is 19.9 Å². The van der Waals surface area contributed by atoms with E-state index in [4.69, 9.17) is 9.72 Å². The second kappa shape index (κ2) is 10.2. The van der Waals surface area contributed by atoms with Gasteiger partial charge in [0.25, 0.3) is 0 Å². The Balaban J connectivity index is 1.70. The molecule has 1 aliphatic rings. The first-order chi connectivity index (χ1) is 15.8. The van der Waals surface area contributed by atoms with Gasteiger partial charge >= 0.3 is 0 Å². The van der Waals surface area contributed by atoms with Gasteiger partial charge in [-0.2, -0.15) is 4.31 Å². The van der Waals surface area contributed by atoms with Crippen LogP contribution in [0.15, 0.2) is 46.5 Å². The van der Waals surface area contributed by atoms with E-state index in [9.17, 15) is 8.42 Å². The Hall–Kier alpha value is -1.87. The Bertz CT molecular complexity index is 1230. The number of hydrogen-bond donors (Lipinski definition) is 0. The summed E-state index contributed by atoms with van der Waals surface area (Å²) in [6, 6.07) is 11.9. The fourth-order valence-electron chi connectivity index (χ4n) is 4.39. The molecule has 0 spiro atoms. The van der Waals surface area contributed by atoms with E-state index in [1.54, 1.807) is 23.9 Å². The van der Waals surface area contributed by atoms with Gasteiger partial charge in [-0.15, -0.1) is 0 Å². The summed E-state index contributed by atoms with van der Waals surface area (Å²) < 4.78 is 35.7. The molecule has 0 amide bonds. The molecule has 3 aromatic rings. The molecule has 0 unspecified atom stereocenters. The normalized spacial score (nSPS) is 16.8. The van der Waals surface area contributed by atoms with Crippen LogP contribution < -0.4 is 0 Å². The molecule has 0 saturated carbocycles. The van der Waals surface area contributed by atoms with Crippen LogP contribution in [0.2, 0.25) is 0 Å². The molecule has 4 rings (SSSR count). The van der Waals surface area contributed by atoms with Crippen LogP contribution in [0.3, 0.4) is 0 Å². The number of benzene rings is 2. The first-order valence-corrected chi connectivity index (χ1v) is 14.1. The highest BCUT2D eigenvalue weighted by molar-refractivity contribution is 7.98. The van der Waals surface area contributed by atoms with Gasteiger partial charge < -0.3 is 9.30 Å². The summed E-state index contributed by atoms with van der Waals surface area (Å²) in [6.45, 7) is 10.4. The zero-order valence-corrected chi connectivity index (χ0v) is 21.5. The lowest BCUT2D eigenvalue weighted by Crippen LogP contribution is -2.30. The van der Waals surface area contributed by atoms with Crippen LogP contribution in [0.25, 0.3) is 11.0 Å². The molecule has 0 bridgehead atoms. The van der Waals surface area contributed by atoms with Crippen molar-refractivity contribution in [1.29, 1.82) is 0 Å². The summed E-state index contributed by atoms with van der Waals surface area (Å²) in [5.74, 6) is 0.811. The lowest BCUT2D eigenvalue weighted by Gasteiger charge is -2.18. The lowest BCUT2D eigenvalue weighted by molar-refractivity contribution is 0.0960. The van der Waals surface area contributed by atoms with Gasteiger partial charge in [0, 0.05) is 25.4 Å². The molecule has 1 aliphatic heterocycles. The SMILES string of the molecule is CCN(CC)S(=O)(=O)c1ccc2c(c1)nc(SCc1ccc(C)cc1C)n2C[C@H]1CCCO1. The van der Waals surface area contributed by atoms with E-state index < -0.39 is 10.0 Å². The van der Waals surface area contributed by atoms with Crippen molar-refractivity contribution >= 4 is 32.8 Å². The van der Waals surface area contributed by atoms with Gasteiger partial charge in [0.05, 0.1) is 28.6 Å². The number of aryl methyl sites for hydroxylation is 2. The maximum Gasteiger partial charge on any atom is 0.243 e. The minimum Gasteiger partial charge on any atom is -0.376 e. The fraction of sp³-hybridized carbons (Fsp3) is 0.480. The molecule has 6 nitrogen and oxygen atoms in total. The molecule has 0 N–H and O–H groups in total. The van der Waals surface area contributed by atoms with Gasteiger partial charge in [0.1, 0.15) is 0 Å². The zero-order chi connectivity index (χ0) is 23.6. The minimum atomic E-state index is -3.53. The minimum absolute atomic E-state index is 0.168. The topological polar surface area (TPSA) is 64.4 Å². The van der Waals surface area contributed by atoms with E-state index in [2.05, 4.69) is 36.6 Å². The summed E-state index contributed by atoms with van der Waals surface area (Å²) >= 11 is 1.69. The Morgan fingerprint density at radius 2 is 1.94 bits per heavy atom. The number of ether oxygens (including phenoxy) is 1. The number of hydrogen-bond acceptors (Lipinski definition) is 5. The summed E-state index contributed by atoms with van der Waals surface area (Å²) in [4.78, 5) is 5.19. The van der Waals surface area contributed by atoms with Crippen LogP contribution in [-0.4, -0.2) is 48.1 Å². The maximum absolute atomic E-state index is 13.1. The third kappa shape index (κ3) is 5.14. The average Bonchev–Trinajstić information content (AvgIpc) is 3.42. The van der Waals surface area contributed by atoms with E-state index in [0.717, 1.165) is 42.4 Å². The molecule has 1 fully saturated rings. The number of sulfonamides is 1. The summed E-state index contributed by atoms with van der Waals surface area (Å²) in [6.07, 6.45) is 2.28. The highest BCUT2D eigenvalue weighted by Crippen LogP contribution is 2.31. The van der Waals surface area contributed by atoms with E-state index >= 15 is 0 Å². The van der Waals surface area contributed by atoms with Crippen molar-refractivity contribution in [1.82, 2.24) is 13.9 Å². The van der Waals surface area contributed by atoms with E-state index in [1.165, 1.54) is 21.0 Å². The number of rotatable bonds is 9. The van der Waals surface area contributed by atoms with Crippen molar-refractivity contribution < 1.29 is 13.2 Å². The number of nitrogens with zero attached hydrogens (tertiary/aromatic N) is 3. The standard InChI is InChI=1S/C25H33N3O3S2/c1-5-27(6-2)33(29,30)22-11-12-24-23(15-22)26-25(28(24)16-21-8-7-13-31-21)32-17-20-10-9-18(3)14-19(20)4/h9-12,14-15,21H,5-8,13,16-17H2,1-4H3/t21-/m1/s1. The zero-order valence-electron chi connectivity index (χ0n) is 19.9. The van der Waals surface area contributed by atoms with Gasteiger partial charge in [-0.25, -0.2) is 13.4 Å². The number of thioether (sulfide) groups is 1. The van der Waals surface area contributed by atoms with Gasteiger partial charge in [-0.3, -0.25) is 0 Å². The fourth-order valence-corrected chi connectivity index (χ4v) is 6.97. The highest BCUT2D eigenvalue weighted by Gasteiger charge is 2.24. The smallest absolute Gasteiger partial charge is 0.243 e. The monoisotopic (exact) mass is 487 g/mol. The number of aromatic nitrogens is 2. The molecule has 2 aromatic carbocycles. The van der Waals surface area contributed by atoms with Crippen molar-refractivity contribution in [2.75, 3.05) is 19.7 Å². The molecule has 2 heterocycles. The predicted octanol–water partition coefficient (Wildman–Crippen LogP) is 5.15. The molecule has 33 heavy (non-hydrogen) atoms. The van der Waals surface area contributed by atoms with E-state index in [-0.39, 0.29) is 6.10 Å². The quantitative estimate of drug-likeness (QED) is 0.390. The second-order valence-corrected chi connectivity index (χ2v) is 11.5. The van der Waals surface area contributed by atoms with Crippen LogP contribution in [0, 0.1) is 13.8 Å². The van der Waals surface area contributed by atoms with Crippen molar-refractivity contribution in [3.8, 4) is 0 Å². The highest BCUT2D eigenvalue weighted by atomic mass is 32.2. The molecule has 1 saturated heterocycles. The first kappa shape index (κ1) is 24.3. The van der Waals surface area contributed by atoms with Crippen molar-refractivity contribution in [3.05, 3.63) is 53.1 Å². The van der Waals surface area contributed by atoms with Gasteiger partial charge in [0.15, 0.2) is 5.16 Å². The largest absolute Gasteiger partial charge is 0.376 e. The van der Waals surface area contributed by atoms with Crippen LogP contribution in [-0.2, 0) is 27.1 Å². The number of imidazole rings is 1. The predicted molar refractivity (Wildman–Crippen MR) is 134 cm³/mol. The molecule has 1 aromatic heterocycles. The molecule has 178 valence electrons. The molecular weight excluding hydrogens is 454 g/mol. The van der Waals surface area contributed by atoms with Crippen LogP contribution in [0.1, 0.15) is 43.4 Å². The van der Waals surface area contributed by atoms with Crippen LogP contribution >= 0.6 is 11.8 Å². The van der Waals surface area contributed by atoms with E-state index in [0.29, 0.717) is 23.5 Å². The molecular formula is C25H33N3O3S2. The maximum atomic E-state index is 13.1. The van der Waals surface area contributed by atoms with Crippen LogP contribution in [0.5, 0.6) is 0 Å². The lowest BCUT2D eigenvalue weighted by atomic mass is 10.1. The molecule has 0 radical (unpaired) electrons. The summed E-state index contributed by atoms with van der Waals surface area (Å²) in [5.41, 5.74) is 5.48. The molecule has 0 aliphatic carbocycles. The van der Waals surface area contributed by atoms with Crippen molar-refractivity contribution in [3.63, 3.8) is 0 Å². The Kier molecular flexibility index (Phi) is 7.48. The second-order valence-electron chi connectivity index (χ2n) is 8.60. The average molecular weight is 488 g/mol. The Labute approximate surface area is 201 Å².